The largest absolute Gasteiger partial charge is 0.492 e. The standard InChI is InChI=1S/C13H18N4O/c1-3-12-13(14)15-16-17(12)7-8-18-11-6-4-5-10(2)9-11/h4-6,9H,3,7-8,14H2,1-2H3. The Labute approximate surface area is 107 Å². The van der Waals surface area contributed by atoms with E-state index >= 15 is 0 Å². The number of hydrogen-bond acceptors (Lipinski definition) is 4. The van der Waals surface area contributed by atoms with Crippen LogP contribution in [0.1, 0.15) is 18.2 Å². The zero-order chi connectivity index (χ0) is 13.0. The molecule has 2 rings (SSSR count). The minimum Gasteiger partial charge on any atom is -0.492 e. The first-order valence-corrected chi connectivity index (χ1v) is 6.08. The summed E-state index contributed by atoms with van der Waals surface area (Å²) >= 11 is 0. The Morgan fingerprint density at radius 2 is 2.22 bits per heavy atom. The Hall–Kier alpha value is -2.04. The fourth-order valence-corrected chi connectivity index (χ4v) is 1.84. The Balaban J connectivity index is 1.92. The van der Waals surface area contributed by atoms with Gasteiger partial charge in [-0.3, -0.25) is 0 Å². The summed E-state index contributed by atoms with van der Waals surface area (Å²) < 4.78 is 7.47. The molecular weight excluding hydrogens is 228 g/mol. The highest BCUT2D eigenvalue weighted by Gasteiger charge is 2.07. The van der Waals surface area contributed by atoms with Gasteiger partial charge < -0.3 is 10.5 Å². The van der Waals surface area contributed by atoms with Crippen LogP contribution in [0.3, 0.4) is 0 Å². The molecule has 5 heteroatoms. The molecule has 18 heavy (non-hydrogen) atoms. The molecule has 1 heterocycles. The molecule has 0 aliphatic carbocycles. The van der Waals surface area contributed by atoms with E-state index in [-0.39, 0.29) is 0 Å². The van der Waals surface area contributed by atoms with Gasteiger partial charge in [0.2, 0.25) is 0 Å². The SMILES string of the molecule is CCc1c(N)nnn1CCOc1cccc(C)c1. The lowest BCUT2D eigenvalue weighted by molar-refractivity contribution is 0.287. The maximum atomic E-state index is 5.72. The second-order valence-corrected chi connectivity index (χ2v) is 4.16. The first kappa shape index (κ1) is 12.4. The monoisotopic (exact) mass is 246 g/mol. The molecule has 0 amide bonds. The van der Waals surface area contributed by atoms with Gasteiger partial charge >= 0.3 is 0 Å². The molecule has 0 aliphatic rings. The predicted octanol–water partition coefficient (Wildman–Crippen LogP) is 1.81. The lowest BCUT2D eigenvalue weighted by Gasteiger charge is -2.08. The number of rotatable bonds is 5. The fraction of sp³-hybridized carbons (Fsp3) is 0.385. The van der Waals surface area contributed by atoms with Gasteiger partial charge in [0.1, 0.15) is 12.4 Å². The van der Waals surface area contributed by atoms with Crippen molar-refractivity contribution in [2.24, 2.45) is 0 Å². The molecule has 2 aromatic rings. The zero-order valence-corrected chi connectivity index (χ0v) is 10.8. The number of ether oxygens (including phenoxy) is 1. The highest BCUT2D eigenvalue weighted by Crippen LogP contribution is 2.13. The molecule has 0 bridgehead atoms. The van der Waals surface area contributed by atoms with Crippen molar-refractivity contribution >= 4 is 5.82 Å². The second kappa shape index (κ2) is 5.53. The summed E-state index contributed by atoms with van der Waals surface area (Å²) in [5.41, 5.74) is 7.87. The summed E-state index contributed by atoms with van der Waals surface area (Å²) in [6.45, 7) is 5.29. The normalized spacial score (nSPS) is 10.6. The van der Waals surface area contributed by atoms with E-state index < -0.39 is 0 Å². The van der Waals surface area contributed by atoms with Gasteiger partial charge in [0.25, 0.3) is 0 Å². The van der Waals surface area contributed by atoms with E-state index in [4.69, 9.17) is 10.5 Å². The number of aromatic nitrogens is 3. The topological polar surface area (TPSA) is 66.0 Å². The molecule has 0 saturated carbocycles. The van der Waals surface area contributed by atoms with Crippen LogP contribution in [0.5, 0.6) is 5.75 Å². The average Bonchev–Trinajstić information content (AvgIpc) is 2.70. The van der Waals surface area contributed by atoms with Crippen LogP contribution in [0.2, 0.25) is 0 Å². The van der Waals surface area contributed by atoms with Crippen molar-refractivity contribution in [1.29, 1.82) is 0 Å². The molecule has 0 unspecified atom stereocenters. The molecule has 0 spiro atoms. The second-order valence-electron chi connectivity index (χ2n) is 4.16. The molecule has 0 saturated heterocycles. The third kappa shape index (κ3) is 2.80. The van der Waals surface area contributed by atoms with Crippen LogP contribution in [-0.2, 0) is 13.0 Å². The van der Waals surface area contributed by atoms with Crippen molar-refractivity contribution in [3.05, 3.63) is 35.5 Å². The smallest absolute Gasteiger partial charge is 0.169 e. The maximum absolute atomic E-state index is 5.72. The third-order valence-corrected chi connectivity index (χ3v) is 2.76. The van der Waals surface area contributed by atoms with Gasteiger partial charge in [-0.05, 0) is 31.0 Å². The van der Waals surface area contributed by atoms with E-state index in [2.05, 4.69) is 10.3 Å². The molecule has 0 atom stereocenters. The summed E-state index contributed by atoms with van der Waals surface area (Å²) in [6.07, 6.45) is 0.823. The number of anilines is 1. The van der Waals surface area contributed by atoms with Gasteiger partial charge in [0.15, 0.2) is 5.82 Å². The Bertz CT molecular complexity index is 521. The number of aryl methyl sites for hydroxylation is 1. The Morgan fingerprint density at radius 1 is 1.39 bits per heavy atom. The molecule has 0 aliphatic heterocycles. The highest BCUT2D eigenvalue weighted by molar-refractivity contribution is 5.32. The van der Waals surface area contributed by atoms with Crippen LogP contribution in [0.4, 0.5) is 5.82 Å². The van der Waals surface area contributed by atoms with Crippen LogP contribution >= 0.6 is 0 Å². The zero-order valence-electron chi connectivity index (χ0n) is 10.8. The highest BCUT2D eigenvalue weighted by atomic mass is 16.5. The van der Waals surface area contributed by atoms with Crippen molar-refractivity contribution in [2.45, 2.75) is 26.8 Å². The van der Waals surface area contributed by atoms with Crippen LogP contribution in [0.15, 0.2) is 24.3 Å². The van der Waals surface area contributed by atoms with Gasteiger partial charge in [-0.25, -0.2) is 4.68 Å². The minimum atomic E-state index is 0.507. The Morgan fingerprint density at radius 3 is 2.94 bits per heavy atom. The lowest BCUT2D eigenvalue weighted by atomic mass is 10.2. The number of hydrogen-bond donors (Lipinski definition) is 1. The van der Waals surface area contributed by atoms with Crippen LogP contribution in [0, 0.1) is 6.92 Å². The van der Waals surface area contributed by atoms with E-state index in [0.717, 1.165) is 17.9 Å². The first-order valence-electron chi connectivity index (χ1n) is 6.08. The molecule has 96 valence electrons. The average molecular weight is 246 g/mol. The quantitative estimate of drug-likeness (QED) is 0.873. The van der Waals surface area contributed by atoms with Crippen molar-refractivity contribution in [2.75, 3.05) is 12.3 Å². The van der Waals surface area contributed by atoms with Gasteiger partial charge in [0.05, 0.1) is 12.2 Å². The summed E-state index contributed by atoms with van der Waals surface area (Å²) in [6, 6.07) is 7.98. The summed E-state index contributed by atoms with van der Waals surface area (Å²) in [4.78, 5) is 0. The fourth-order valence-electron chi connectivity index (χ4n) is 1.84. The molecular formula is C13H18N4O. The third-order valence-electron chi connectivity index (χ3n) is 2.76. The van der Waals surface area contributed by atoms with Gasteiger partial charge in [0, 0.05) is 0 Å². The van der Waals surface area contributed by atoms with Gasteiger partial charge in [-0.15, -0.1) is 5.10 Å². The van der Waals surface area contributed by atoms with Crippen molar-refractivity contribution in [3.63, 3.8) is 0 Å². The minimum absolute atomic E-state index is 0.507. The van der Waals surface area contributed by atoms with Crippen LogP contribution < -0.4 is 10.5 Å². The molecule has 0 radical (unpaired) electrons. The molecule has 1 aromatic carbocycles. The number of benzene rings is 1. The number of nitrogens with two attached hydrogens (primary N) is 1. The summed E-state index contributed by atoms with van der Waals surface area (Å²) in [5, 5.41) is 7.86. The van der Waals surface area contributed by atoms with Gasteiger partial charge in [-0.2, -0.15) is 0 Å². The maximum Gasteiger partial charge on any atom is 0.169 e. The summed E-state index contributed by atoms with van der Waals surface area (Å²) in [7, 11) is 0. The molecule has 1 aromatic heterocycles. The van der Waals surface area contributed by atoms with E-state index in [9.17, 15) is 0 Å². The van der Waals surface area contributed by atoms with Crippen molar-refractivity contribution < 1.29 is 4.74 Å². The number of nitrogens with zero attached hydrogens (tertiary/aromatic N) is 3. The van der Waals surface area contributed by atoms with Crippen molar-refractivity contribution in [1.82, 2.24) is 15.0 Å². The van der Waals surface area contributed by atoms with E-state index in [1.807, 2.05) is 38.1 Å². The molecule has 0 fully saturated rings. The lowest BCUT2D eigenvalue weighted by Crippen LogP contribution is -2.12. The van der Waals surface area contributed by atoms with E-state index in [1.54, 1.807) is 4.68 Å². The predicted molar refractivity (Wildman–Crippen MR) is 70.5 cm³/mol. The first-order chi connectivity index (χ1) is 8.70. The molecule has 5 nitrogen and oxygen atoms in total. The summed E-state index contributed by atoms with van der Waals surface area (Å²) in [5.74, 6) is 1.38. The van der Waals surface area contributed by atoms with Crippen LogP contribution in [-0.4, -0.2) is 21.6 Å². The van der Waals surface area contributed by atoms with Crippen LogP contribution in [0.25, 0.3) is 0 Å². The van der Waals surface area contributed by atoms with Crippen molar-refractivity contribution in [3.8, 4) is 5.75 Å². The number of nitrogen functional groups attached to an aromatic ring is 1. The van der Waals surface area contributed by atoms with E-state index in [1.165, 1.54) is 5.56 Å². The van der Waals surface area contributed by atoms with E-state index in [0.29, 0.717) is 19.0 Å². The Kier molecular flexibility index (Phi) is 3.82. The molecule has 2 N–H and O–H groups in total. The van der Waals surface area contributed by atoms with Gasteiger partial charge in [-0.1, -0.05) is 24.3 Å².